The van der Waals surface area contributed by atoms with E-state index in [4.69, 9.17) is 15.9 Å². The number of urea groups is 1. The fraction of sp³-hybridized carbons (Fsp3) is 0.250. The minimum absolute atomic E-state index is 0.0702. The van der Waals surface area contributed by atoms with Crippen LogP contribution < -0.4 is 26.0 Å². The molecule has 1 unspecified atom stereocenters. The number of rotatable bonds is 8. The van der Waals surface area contributed by atoms with Gasteiger partial charge in [0, 0.05) is 37.9 Å². The number of amides is 2. The zero-order chi connectivity index (χ0) is 27.4. The van der Waals surface area contributed by atoms with E-state index in [-0.39, 0.29) is 17.9 Å². The molecular formula is C32H35N5O2. The molecule has 0 aromatic heterocycles. The van der Waals surface area contributed by atoms with Gasteiger partial charge in [-0.05, 0) is 88.7 Å². The lowest BCUT2D eigenvalue weighted by Crippen LogP contribution is -2.44. The van der Waals surface area contributed by atoms with Gasteiger partial charge in [0.25, 0.3) is 0 Å². The van der Waals surface area contributed by atoms with Crippen molar-refractivity contribution in [3.63, 3.8) is 0 Å². The van der Waals surface area contributed by atoms with E-state index in [0.29, 0.717) is 13.2 Å². The van der Waals surface area contributed by atoms with E-state index >= 15 is 0 Å². The Bertz CT molecular complexity index is 1500. The number of benzene rings is 4. The number of fused-ring (bicyclic) bond motifs is 2. The maximum atomic E-state index is 12.6. The van der Waals surface area contributed by atoms with Crippen molar-refractivity contribution in [2.24, 2.45) is 5.73 Å². The molecular weight excluding hydrogens is 486 g/mol. The lowest BCUT2D eigenvalue weighted by Gasteiger charge is -2.26. The number of hydrogen-bond acceptors (Lipinski definition) is 4. The average Bonchev–Trinajstić information content (AvgIpc) is 2.94. The largest absolute Gasteiger partial charge is 0.489 e. The Balaban J connectivity index is 1.15. The number of anilines is 1. The second-order valence-electron chi connectivity index (χ2n) is 10.4. The number of hydrogen-bond donors (Lipinski definition) is 4. The highest BCUT2D eigenvalue weighted by Gasteiger charge is 2.21. The Morgan fingerprint density at radius 2 is 1.69 bits per heavy atom. The maximum Gasteiger partial charge on any atom is 0.315 e. The van der Waals surface area contributed by atoms with Crippen molar-refractivity contribution < 1.29 is 9.53 Å². The lowest BCUT2D eigenvalue weighted by atomic mass is 9.88. The second-order valence-corrected chi connectivity index (χ2v) is 10.4. The normalized spacial score (nSPS) is 14.4. The van der Waals surface area contributed by atoms with Gasteiger partial charge in [-0.15, -0.1) is 0 Å². The Labute approximate surface area is 229 Å². The van der Waals surface area contributed by atoms with Gasteiger partial charge < -0.3 is 26.0 Å². The Morgan fingerprint density at radius 1 is 0.949 bits per heavy atom. The molecule has 0 bridgehead atoms. The minimum atomic E-state index is -0.140. The van der Waals surface area contributed by atoms with E-state index in [1.54, 1.807) is 0 Å². The molecule has 5 N–H and O–H groups in total. The number of nitrogens with zero attached hydrogens (tertiary/aromatic N) is 1. The number of aryl methyl sites for hydroxylation is 1. The van der Waals surface area contributed by atoms with Gasteiger partial charge in [-0.2, -0.15) is 0 Å². The highest BCUT2D eigenvalue weighted by atomic mass is 16.5. The molecule has 4 aromatic carbocycles. The summed E-state index contributed by atoms with van der Waals surface area (Å²) < 4.78 is 6.14. The van der Waals surface area contributed by atoms with Crippen molar-refractivity contribution in [2.75, 3.05) is 19.0 Å². The Kier molecular flexibility index (Phi) is 7.68. The number of nitrogen functional groups attached to an aromatic ring is 1. The van der Waals surface area contributed by atoms with Gasteiger partial charge in [-0.3, -0.25) is 5.41 Å². The predicted octanol–water partition coefficient (Wildman–Crippen LogP) is 5.13. The zero-order valence-corrected chi connectivity index (χ0v) is 22.5. The monoisotopic (exact) mass is 521 g/mol. The summed E-state index contributed by atoms with van der Waals surface area (Å²) in [5.74, 6) is 0.896. The molecule has 7 nitrogen and oxygen atoms in total. The highest BCUT2D eigenvalue weighted by molar-refractivity contribution is 5.99. The van der Waals surface area contributed by atoms with Crippen LogP contribution >= 0.6 is 0 Å². The molecule has 200 valence electrons. The third kappa shape index (κ3) is 6.49. The molecule has 0 heterocycles. The molecule has 7 heteroatoms. The van der Waals surface area contributed by atoms with Crippen molar-refractivity contribution in [3.05, 3.63) is 107 Å². The fourth-order valence-corrected chi connectivity index (χ4v) is 5.00. The third-order valence-corrected chi connectivity index (χ3v) is 7.27. The van der Waals surface area contributed by atoms with Crippen molar-refractivity contribution in [1.82, 2.24) is 10.6 Å². The van der Waals surface area contributed by atoms with Crippen molar-refractivity contribution in [2.45, 2.75) is 38.5 Å². The predicted molar refractivity (Wildman–Crippen MR) is 158 cm³/mol. The molecule has 4 aromatic rings. The van der Waals surface area contributed by atoms with Gasteiger partial charge in [-0.25, -0.2) is 4.79 Å². The van der Waals surface area contributed by atoms with Crippen LogP contribution in [0.4, 0.5) is 10.5 Å². The van der Waals surface area contributed by atoms with Crippen LogP contribution in [0.3, 0.4) is 0 Å². The minimum Gasteiger partial charge on any atom is -0.489 e. The summed E-state index contributed by atoms with van der Waals surface area (Å²) in [6.45, 7) is 0.955. The molecule has 1 atom stereocenters. The van der Waals surface area contributed by atoms with Gasteiger partial charge in [0.2, 0.25) is 0 Å². The van der Waals surface area contributed by atoms with Gasteiger partial charge in [0.1, 0.15) is 18.2 Å². The van der Waals surface area contributed by atoms with Crippen LogP contribution in [0.25, 0.3) is 10.8 Å². The topological polar surface area (TPSA) is 103 Å². The summed E-state index contributed by atoms with van der Waals surface area (Å²) in [5.41, 5.74) is 12.1. The first-order valence-electron chi connectivity index (χ1n) is 13.3. The number of nitrogens with one attached hydrogen (secondary N) is 3. The zero-order valence-electron chi connectivity index (χ0n) is 22.5. The van der Waals surface area contributed by atoms with Gasteiger partial charge in [0.05, 0.1) is 0 Å². The fourth-order valence-electron chi connectivity index (χ4n) is 5.00. The highest BCUT2D eigenvalue weighted by Crippen LogP contribution is 2.27. The maximum absolute atomic E-state index is 12.6. The molecule has 39 heavy (non-hydrogen) atoms. The Morgan fingerprint density at radius 3 is 2.46 bits per heavy atom. The van der Waals surface area contributed by atoms with Crippen molar-refractivity contribution in [3.8, 4) is 5.75 Å². The molecule has 0 saturated heterocycles. The first-order valence-corrected chi connectivity index (χ1v) is 13.3. The molecule has 2 amide bonds. The molecule has 0 aliphatic heterocycles. The smallest absolute Gasteiger partial charge is 0.315 e. The van der Waals surface area contributed by atoms with E-state index in [2.05, 4.69) is 45.9 Å². The quantitative estimate of drug-likeness (QED) is 0.191. The van der Waals surface area contributed by atoms with E-state index in [1.165, 1.54) is 11.1 Å². The summed E-state index contributed by atoms with van der Waals surface area (Å²) >= 11 is 0. The summed E-state index contributed by atoms with van der Waals surface area (Å²) in [6, 6.07) is 26.4. The molecule has 5 rings (SSSR count). The van der Waals surface area contributed by atoms with Gasteiger partial charge in [0.15, 0.2) is 0 Å². The number of amidine groups is 1. The van der Waals surface area contributed by atoms with Crippen molar-refractivity contribution in [1.29, 1.82) is 5.41 Å². The SMILES string of the molecule is CN(C)c1ccc(CNC(=O)NC2CCc3ccc(OCc4ccc5cc(C(=N)N)ccc5c4)cc3C2)cc1. The lowest BCUT2D eigenvalue weighted by molar-refractivity contribution is 0.235. The first kappa shape index (κ1) is 26.1. The van der Waals surface area contributed by atoms with Crippen LogP contribution in [0.5, 0.6) is 5.75 Å². The van der Waals surface area contributed by atoms with Crippen molar-refractivity contribution >= 4 is 28.3 Å². The van der Waals surface area contributed by atoms with Crippen LogP contribution in [-0.2, 0) is 26.0 Å². The van der Waals surface area contributed by atoms with E-state index in [0.717, 1.165) is 58.2 Å². The third-order valence-electron chi connectivity index (χ3n) is 7.27. The van der Waals surface area contributed by atoms with Gasteiger partial charge in [-0.1, -0.05) is 42.5 Å². The summed E-state index contributed by atoms with van der Waals surface area (Å²) in [5, 5.41) is 15.9. The van der Waals surface area contributed by atoms with Gasteiger partial charge >= 0.3 is 6.03 Å². The van der Waals surface area contributed by atoms with Crippen LogP contribution in [0.15, 0.2) is 78.9 Å². The molecule has 0 radical (unpaired) electrons. The molecule has 1 aliphatic carbocycles. The Hall–Kier alpha value is -4.52. The van der Waals surface area contributed by atoms with Crippen LogP contribution in [0.1, 0.15) is 34.2 Å². The second kappa shape index (κ2) is 11.5. The van der Waals surface area contributed by atoms with Crippen LogP contribution in [0.2, 0.25) is 0 Å². The molecule has 0 spiro atoms. The average molecular weight is 522 g/mol. The standard InChI is InChI=1S/C32H35N5O2/c1-37(2)29-12-4-21(5-13-29)19-35-32(38)36-28-11-9-23-10-14-30(18-27(23)17-28)39-20-22-3-6-25-16-26(31(33)34)8-7-24(25)15-22/h3-8,10,12-16,18,28H,9,11,17,19-20H2,1-2H3,(H3,33,34)(H2,35,36,38). The van der Waals surface area contributed by atoms with E-state index < -0.39 is 0 Å². The van der Waals surface area contributed by atoms with E-state index in [9.17, 15) is 4.79 Å². The van der Waals surface area contributed by atoms with Crippen LogP contribution in [0, 0.1) is 5.41 Å². The summed E-state index contributed by atoms with van der Waals surface area (Å²) in [4.78, 5) is 14.6. The summed E-state index contributed by atoms with van der Waals surface area (Å²) in [7, 11) is 4.02. The van der Waals surface area contributed by atoms with E-state index in [1.807, 2.05) is 62.6 Å². The van der Waals surface area contributed by atoms with Crippen LogP contribution in [-0.4, -0.2) is 32.0 Å². The molecule has 0 fully saturated rings. The number of nitrogens with two attached hydrogens (primary N) is 1. The first-order chi connectivity index (χ1) is 18.8. The molecule has 1 aliphatic rings. The number of carbonyl (C=O) groups excluding carboxylic acids is 1. The summed E-state index contributed by atoms with van der Waals surface area (Å²) in [6.07, 6.45) is 2.63. The number of ether oxygens (including phenoxy) is 1. The number of carbonyl (C=O) groups is 1. The molecule has 0 saturated carbocycles.